The van der Waals surface area contributed by atoms with Gasteiger partial charge in [0.25, 0.3) is 0 Å². The Balaban J connectivity index is 1.62. The molecule has 0 aliphatic carbocycles. The Bertz CT molecular complexity index is 1270. The quantitative estimate of drug-likeness (QED) is 0.387. The maximum Gasteiger partial charge on any atom is 0.335 e. The van der Waals surface area contributed by atoms with Crippen molar-refractivity contribution >= 4 is 33.5 Å². The Morgan fingerprint density at radius 1 is 1.13 bits per heavy atom. The maximum absolute atomic E-state index is 11.4. The van der Waals surface area contributed by atoms with Crippen molar-refractivity contribution in [3.8, 4) is 5.75 Å². The van der Waals surface area contributed by atoms with Gasteiger partial charge in [0.2, 0.25) is 0 Å². The highest BCUT2D eigenvalue weighted by Gasteiger charge is 2.12. The first kappa shape index (κ1) is 20.6. The van der Waals surface area contributed by atoms with Crippen LogP contribution in [0.25, 0.3) is 21.7 Å². The molecule has 3 N–H and O–H groups in total. The Morgan fingerprint density at radius 3 is 2.71 bits per heavy atom. The van der Waals surface area contributed by atoms with E-state index in [9.17, 15) is 15.0 Å². The zero-order valence-electron chi connectivity index (χ0n) is 17.3. The number of hydrogen-bond donors (Lipinski definition) is 3. The molecule has 4 aromatic rings. The van der Waals surface area contributed by atoms with E-state index in [0.29, 0.717) is 23.6 Å². The van der Waals surface area contributed by atoms with E-state index in [-0.39, 0.29) is 5.56 Å². The summed E-state index contributed by atoms with van der Waals surface area (Å²) in [6, 6.07) is 12.6. The predicted octanol–water partition coefficient (Wildman–Crippen LogP) is 4.20. The van der Waals surface area contributed by atoms with Crippen LogP contribution in [0.2, 0.25) is 0 Å². The fraction of sp³-hybridized carbons (Fsp3) is 0.208. The fourth-order valence-electron chi connectivity index (χ4n) is 3.70. The lowest BCUT2D eigenvalue weighted by Gasteiger charge is -2.14. The summed E-state index contributed by atoms with van der Waals surface area (Å²) < 4.78 is 5.40. The van der Waals surface area contributed by atoms with E-state index in [2.05, 4.69) is 15.3 Å². The van der Waals surface area contributed by atoms with Crippen molar-refractivity contribution in [2.24, 2.45) is 0 Å². The molecule has 0 fully saturated rings. The average Bonchev–Trinajstić information content (AvgIpc) is 2.78. The minimum absolute atomic E-state index is 0.194. The normalized spacial score (nSPS) is 12.1. The topological polar surface area (TPSA) is 105 Å². The van der Waals surface area contributed by atoms with E-state index in [1.165, 1.54) is 0 Å². The van der Waals surface area contributed by atoms with Gasteiger partial charge in [-0.15, -0.1) is 0 Å². The first-order valence-electron chi connectivity index (χ1n) is 9.97. The summed E-state index contributed by atoms with van der Waals surface area (Å²) in [6.07, 6.45) is 3.61. The Labute approximate surface area is 179 Å². The number of aliphatic hydroxyl groups excluding tert-OH is 1. The van der Waals surface area contributed by atoms with Crippen LogP contribution in [0.3, 0.4) is 0 Å². The minimum atomic E-state index is -0.987. The van der Waals surface area contributed by atoms with Gasteiger partial charge in [0.15, 0.2) is 0 Å². The van der Waals surface area contributed by atoms with Crippen LogP contribution in [0.15, 0.2) is 54.9 Å². The minimum Gasteiger partial charge on any atom is -0.496 e. The standard InChI is InChI=1S/C24H23N3O4/c1-14(28)17-5-3-15(11-22(17)31-2)7-10-26-23-19-8-9-25-13-20(19)18-6-4-16(24(29)30)12-21(18)27-23/h3-6,8-9,11-14,28H,7,10H2,1-2H3,(H,26,27)(H,29,30). The second kappa shape index (κ2) is 8.57. The molecule has 0 spiro atoms. The van der Waals surface area contributed by atoms with Crippen LogP contribution in [0.4, 0.5) is 5.82 Å². The van der Waals surface area contributed by atoms with Gasteiger partial charge in [0.1, 0.15) is 11.6 Å². The number of hydrogen-bond acceptors (Lipinski definition) is 6. The Hall–Kier alpha value is -3.71. The van der Waals surface area contributed by atoms with Crippen LogP contribution < -0.4 is 10.1 Å². The van der Waals surface area contributed by atoms with Crippen LogP contribution in [0.1, 0.15) is 34.5 Å². The van der Waals surface area contributed by atoms with E-state index in [1.54, 1.807) is 44.6 Å². The lowest BCUT2D eigenvalue weighted by atomic mass is 10.0. The van der Waals surface area contributed by atoms with E-state index >= 15 is 0 Å². The predicted molar refractivity (Wildman–Crippen MR) is 120 cm³/mol. The lowest BCUT2D eigenvalue weighted by Crippen LogP contribution is -2.08. The fourth-order valence-corrected chi connectivity index (χ4v) is 3.70. The van der Waals surface area contributed by atoms with Crippen molar-refractivity contribution in [3.05, 3.63) is 71.5 Å². The number of aromatic nitrogens is 2. The van der Waals surface area contributed by atoms with Gasteiger partial charge in [-0.3, -0.25) is 4.98 Å². The molecular weight excluding hydrogens is 394 g/mol. The summed E-state index contributed by atoms with van der Waals surface area (Å²) in [7, 11) is 1.59. The zero-order chi connectivity index (χ0) is 22.0. The third kappa shape index (κ3) is 4.13. The van der Waals surface area contributed by atoms with Gasteiger partial charge in [-0.25, -0.2) is 9.78 Å². The Kier molecular flexibility index (Phi) is 5.68. The number of carbonyl (C=O) groups is 1. The molecule has 0 bridgehead atoms. The smallest absolute Gasteiger partial charge is 0.335 e. The van der Waals surface area contributed by atoms with Gasteiger partial charge in [0.05, 0.1) is 24.3 Å². The number of carboxylic acids is 1. The summed E-state index contributed by atoms with van der Waals surface area (Å²) in [5.74, 6) is 0.355. The van der Waals surface area contributed by atoms with Crippen molar-refractivity contribution in [3.63, 3.8) is 0 Å². The highest BCUT2D eigenvalue weighted by Crippen LogP contribution is 2.30. The summed E-state index contributed by atoms with van der Waals surface area (Å²) in [6.45, 7) is 2.33. The highest BCUT2D eigenvalue weighted by atomic mass is 16.5. The molecule has 0 saturated heterocycles. The SMILES string of the molecule is COc1cc(CCNc2nc3cc(C(=O)O)ccc3c3cnccc23)ccc1C(C)O. The molecule has 0 aliphatic heterocycles. The summed E-state index contributed by atoms with van der Waals surface area (Å²) in [4.78, 5) is 20.3. The molecule has 2 heterocycles. The molecule has 4 rings (SSSR count). The number of nitrogens with zero attached hydrogens (tertiary/aromatic N) is 2. The van der Waals surface area contributed by atoms with Gasteiger partial charge in [0, 0.05) is 40.7 Å². The molecule has 7 heteroatoms. The molecule has 7 nitrogen and oxygen atoms in total. The Morgan fingerprint density at radius 2 is 1.97 bits per heavy atom. The third-order valence-electron chi connectivity index (χ3n) is 5.30. The number of benzene rings is 2. The monoisotopic (exact) mass is 417 g/mol. The van der Waals surface area contributed by atoms with Crippen LogP contribution in [0.5, 0.6) is 5.75 Å². The molecule has 158 valence electrons. The number of methoxy groups -OCH3 is 1. The molecule has 31 heavy (non-hydrogen) atoms. The number of aliphatic hydroxyl groups is 1. The first-order chi connectivity index (χ1) is 15.0. The van der Waals surface area contributed by atoms with Crippen LogP contribution in [-0.2, 0) is 6.42 Å². The number of rotatable bonds is 7. The van der Waals surface area contributed by atoms with E-state index in [1.807, 2.05) is 24.3 Å². The van der Waals surface area contributed by atoms with Crippen LogP contribution in [-0.4, -0.2) is 39.8 Å². The van der Waals surface area contributed by atoms with Crippen molar-refractivity contribution < 1.29 is 19.7 Å². The van der Waals surface area contributed by atoms with Crippen molar-refractivity contribution in [2.45, 2.75) is 19.4 Å². The maximum atomic E-state index is 11.4. The summed E-state index contributed by atoms with van der Waals surface area (Å²) in [5, 5.41) is 25.2. The average molecular weight is 417 g/mol. The molecule has 0 amide bonds. The molecule has 0 aliphatic rings. The summed E-state index contributed by atoms with van der Waals surface area (Å²) >= 11 is 0. The van der Waals surface area contributed by atoms with Gasteiger partial charge < -0.3 is 20.3 Å². The number of anilines is 1. The van der Waals surface area contributed by atoms with Crippen LogP contribution >= 0.6 is 0 Å². The second-order valence-electron chi connectivity index (χ2n) is 7.35. The van der Waals surface area contributed by atoms with Crippen molar-refractivity contribution in [1.29, 1.82) is 0 Å². The number of fused-ring (bicyclic) bond motifs is 3. The molecule has 1 atom stereocenters. The van der Waals surface area contributed by atoms with Gasteiger partial charge in [-0.05, 0) is 43.2 Å². The van der Waals surface area contributed by atoms with Gasteiger partial charge >= 0.3 is 5.97 Å². The molecule has 0 radical (unpaired) electrons. The number of pyridine rings is 2. The van der Waals surface area contributed by atoms with Gasteiger partial charge in [-0.2, -0.15) is 0 Å². The number of aromatic carboxylic acids is 1. The first-order valence-corrected chi connectivity index (χ1v) is 9.97. The highest BCUT2D eigenvalue weighted by molar-refractivity contribution is 6.10. The number of ether oxygens (including phenoxy) is 1. The second-order valence-corrected chi connectivity index (χ2v) is 7.35. The van der Waals surface area contributed by atoms with E-state index in [4.69, 9.17) is 4.74 Å². The summed E-state index contributed by atoms with van der Waals surface area (Å²) in [5.41, 5.74) is 2.61. The molecule has 2 aromatic carbocycles. The van der Waals surface area contributed by atoms with Gasteiger partial charge in [-0.1, -0.05) is 18.2 Å². The van der Waals surface area contributed by atoms with E-state index in [0.717, 1.165) is 33.7 Å². The van der Waals surface area contributed by atoms with Crippen molar-refractivity contribution in [2.75, 3.05) is 19.0 Å². The molecule has 2 aromatic heterocycles. The number of nitrogens with one attached hydrogen (secondary N) is 1. The molecule has 1 unspecified atom stereocenters. The lowest BCUT2D eigenvalue weighted by molar-refractivity contribution is 0.0697. The number of carboxylic acid groups (broad SMARTS) is 1. The third-order valence-corrected chi connectivity index (χ3v) is 5.30. The van der Waals surface area contributed by atoms with Crippen molar-refractivity contribution in [1.82, 2.24) is 9.97 Å². The van der Waals surface area contributed by atoms with E-state index < -0.39 is 12.1 Å². The zero-order valence-corrected chi connectivity index (χ0v) is 17.3. The largest absolute Gasteiger partial charge is 0.496 e. The molecule has 0 saturated carbocycles. The van der Waals surface area contributed by atoms with Crippen LogP contribution in [0, 0.1) is 0 Å². The molecular formula is C24H23N3O4.